The van der Waals surface area contributed by atoms with E-state index in [1.54, 1.807) is 28.2 Å². The Morgan fingerprint density at radius 1 is 0.277 bits per heavy atom. The van der Waals surface area contributed by atoms with Gasteiger partial charge in [0.15, 0.2) is 0 Å². The molecule has 0 saturated heterocycles. The van der Waals surface area contributed by atoms with Crippen molar-refractivity contribution in [3.8, 4) is 0 Å². The van der Waals surface area contributed by atoms with E-state index in [4.69, 9.17) is 0 Å². The Kier molecular flexibility index (Phi) is 17.7. The summed E-state index contributed by atoms with van der Waals surface area (Å²) in [7, 11) is -10.8. The van der Waals surface area contributed by atoms with Gasteiger partial charge in [0.25, 0.3) is 35.4 Å². The first kappa shape index (κ1) is 66.7. The molecule has 0 atom stereocenters. The van der Waals surface area contributed by atoms with E-state index in [2.05, 4.69) is 42.5 Å². The fraction of sp³-hybridized carbons (Fsp3) is 0.105. The van der Waals surface area contributed by atoms with Crippen LogP contribution < -0.4 is 63.8 Å². The summed E-state index contributed by atoms with van der Waals surface area (Å²) in [4.78, 5) is 175. The van der Waals surface area contributed by atoms with Crippen molar-refractivity contribution >= 4 is 160 Å². The highest BCUT2D eigenvalue weighted by Crippen LogP contribution is 2.43. The molecule has 0 aliphatic carbocycles. The summed E-state index contributed by atoms with van der Waals surface area (Å²) in [5.41, 5.74) is 0.987. The first-order valence-electron chi connectivity index (χ1n) is 27.2. The van der Waals surface area contributed by atoms with Crippen molar-refractivity contribution in [1.29, 1.82) is 0 Å². The van der Waals surface area contributed by atoms with E-state index < -0.39 is 93.1 Å². The maximum Gasteiger partial charge on any atom is 0.356 e. The summed E-state index contributed by atoms with van der Waals surface area (Å²) in [6.07, 6.45) is 8.68. The number of carbonyl (C=O) groups is 7. The molecule has 0 spiro atoms. The lowest BCUT2D eigenvalue weighted by Crippen LogP contribution is -2.18. The molecule has 33 nitrogen and oxygen atoms in total. The van der Waals surface area contributed by atoms with Gasteiger partial charge in [-0.05, 0) is 83.6 Å². The molecule has 10 aromatic rings. The number of hydrogen-bond donors (Lipinski definition) is 16. The van der Waals surface area contributed by atoms with Crippen molar-refractivity contribution in [2.45, 2.75) is 0 Å². The SMILES string of the molecule is Cn1cc(NC(=O)Nc2cc(C(=O)Nc3cc(C(=O)Nc4cc(C(=O)Nc5cc(P(=O)(O)O)c6cccc(P(=O)(O)O)c6c5)n(C)c4)n(C)c3)n(C)c2)cc1C(=O)Nc1cc(C(=O)Nc2cc(C(=O)Nc3cc(P(=O)(O)O)c4cccc(P(=O)(O)O)c4c3)n(C)c2)n(C)c1. The van der Waals surface area contributed by atoms with Crippen LogP contribution in [0.5, 0.6) is 0 Å². The molecule has 10 rings (SSSR count). The number of nitrogens with one attached hydrogen (secondary N) is 8. The number of aromatic nitrogens is 6. The van der Waals surface area contributed by atoms with Gasteiger partial charge < -0.3 is 109 Å². The Morgan fingerprint density at radius 3 is 0.713 bits per heavy atom. The molecule has 0 aliphatic heterocycles. The van der Waals surface area contributed by atoms with Crippen molar-refractivity contribution in [2.75, 3.05) is 42.5 Å². The van der Waals surface area contributed by atoms with Crippen LogP contribution in [0.1, 0.15) is 62.9 Å². The third-order valence-corrected chi connectivity index (χ3v) is 18.7. The Bertz CT molecular complexity index is 4760. The van der Waals surface area contributed by atoms with Crippen molar-refractivity contribution in [3.05, 3.63) is 168 Å². The summed E-state index contributed by atoms with van der Waals surface area (Å²) in [6, 6.07) is 19.0. The molecule has 0 saturated carbocycles. The molecule has 6 aromatic heterocycles. The third-order valence-electron chi connectivity index (χ3n) is 14.6. The summed E-state index contributed by atoms with van der Waals surface area (Å²) in [5.74, 6) is -4.18. The van der Waals surface area contributed by atoms with Crippen LogP contribution in [0.3, 0.4) is 0 Å². The third kappa shape index (κ3) is 14.2. The molecule has 0 fully saturated rings. The number of rotatable bonds is 18. The molecule has 0 aliphatic rings. The van der Waals surface area contributed by atoms with Crippen LogP contribution in [0.2, 0.25) is 0 Å². The lowest BCUT2D eigenvalue weighted by atomic mass is 10.1. The first-order chi connectivity index (χ1) is 43.9. The maximum absolute atomic E-state index is 13.6. The van der Waals surface area contributed by atoms with Crippen LogP contribution in [0.25, 0.3) is 21.5 Å². The fourth-order valence-corrected chi connectivity index (χ4v) is 13.6. The van der Waals surface area contributed by atoms with Gasteiger partial charge in [0.05, 0.1) is 55.3 Å². The maximum atomic E-state index is 13.6. The number of fused-ring (bicyclic) bond motifs is 2. The topological polar surface area (TPSA) is 475 Å². The summed E-state index contributed by atoms with van der Waals surface area (Å²) < 4.78 is 57.9. The molecule has 37 heteroatoms. The standard InChI is InChI=1S/C57H56N14O19P4/c1-66-23-31(15-41(66)51(72)58-29-13-39-37(49(21-29)93(85,86)87)9-7-11-47(39)91(79,80)81)60-53(74)43-17-33(25-68(43)3)62-55(76)45-19-35(27-70(45)5)64-57(78)65-36-20-46(71(6)28-36)56(77)63-34-18-44(69(4)26-34)54(75)61-32-16-42(67(2)24-32)52(73)59-30-14-40-38(50(22-30)94(88,89)90)10-8-12-48(40)92(82,83)84/h7-28H,1-6H3,(H,58,72)(H,59,73)(H,60,74)(H,61,75)(H,62,76)(H,63,77)(H2,64,65,78)(H2,79,80,81)(H2,82,83,84)(H2,85,86,87)(H2,88,89,90). The first-order valence-corrected chi connectivity index (χ1v) is 33.7. The summed E-state index contributed by atoms with van der Waals surface area (Å²) in [5, 5.41) is 18.2. The Morgan fingerprint density at radius 2 is 0.489 bits per heavy atom. The van der Waals surface area contributed by atoms with Crippen molar-refractivity contribution in [2.24, 2.45) is 42.3 Å². The number of nitrogens with zero attached hydrogens (tertiary/aromatic N) is 6. The van der Waals surface area contributed by atoms with Crippen LogP contribution in [0, 0.1) is 0 Å². The second-order valence-corrected chi connectivity index (χ2v) is 27.8. The quantitative estimate of drug-likeness (QED) is 0.0529. The molecule has 0 bridgehead atoms. The second-order valence-electron chi connectivity index (χ2n) is 21.6. The van der Waals surface area contributed by atoms with Crippen molar-refractivity contribution in [3.63, 3.8) is 0 Å². The van der Waals surface area contributed by atoms with Gasteiger partial charge in [0, 0.05) is 102 Å². The van der Waals surface area contributed by atoms with E-state index in [1.165, 1.54) is 151 Å². The van der Waals surface area contributed by atoms with Gasteiger partial charge in [-0.15, -0.1) is 0 Å². The lowest BCUT2D eigenvalue weighted by Gasteiger charge is -2.15. The van der Waals surface area contributed by atoms with E-state index in [0.29, 0.717) is 0 Å². The number of aryl methyl sites for hydroxylation is 6. The molecule has 4 aromatic carbocycles. The highest BCUT2D eigenvalue weighted by molar-refractivity contribution is 7.62. The van der Waals surface area contributed by atoms with Gasteiger partial charge in [0.2, 0.25) is 0 Å². The largest absolute Gasteiger partial charge is 0.356 e. The average Bonchev–Trinajstić information content (AvgIpc) is 1.22. The highest BCUT2D eigenvalue weighted by atomic mass is 31.2. The number of urea groups is 1. The van der Waals surface area contributed by atoms with Crippen LogP contribution in [-0.2, 0) is 60.5 Å². The number of benzene rings is 4. The zero-order chi connectivity index (χ0) is 68.4. The minimum Gasteiger partial charge on any atom is -0.344 e. The van der Waals surface area contributed by atoms with E-state index in [-0.39, 0.29) is 101 Å². The zero-order valence-electron chi connectivity index (χ0n) is 49.7. The molecule has 16 N–H and O–H groups in total. The predicted octanol–water partition coefficient (Wildman–Crippen LogP) is 4.39. The molecule has 0 radical (unpaired) electrons. The number of amides is 8. The molecule has 488 valence electrons. The molecule has 8 amide bonds. The second kappa shape index (κ2) is 25.0. The summed E-state index contributed by atoms with van der Waals surface area (Å²) in [6.45, 7) is 0. The molecular weight excluding hydrogens is 1310 g/mol. The van der Waals surface area contributed by atoms with Gasteiger partial charge in [-0.1, -0.05) is 24.3 Å². The zero-order valence-corrected chi connectivity index (χ0v) is 53.3. The molecule has 0 unspecified atom stereocenters. The minimum absolute atomic E-state index is 0.0349. The van der Waals surface area contributed by atoms with E-state index in [0.717, 1.165) is 24.3 Å². The van der Waals surface area contributed by atoms with Crippen LogP contribution in [-0.4, -0.2) is 108 Å². The van der Waals surface area contributed by atoms with Gasteiger partial charge in [-0.3, -0.25) is 47.0 Å². The summed E-state index contributed by atoms with van der Waals surface area (Å²) >= 11 is 0. The van der Waals surface area contributed by atoms with Gasteiger partial charge in [-0.2, -0.15) is 0 Å². The predicted molar refractivity (Wildman–Crippen MR) is 347 cm³/mol. The number of hydrogen-bond acceptors (Lipinski definition) is 11. The van der Waals surface area contributed by atoms with Crippen LogP contribution in [0.4, 0.5) is 50.3 Å². The number of carbonyl (C=O) groups excluding carboxylic acids is 7. The van der Waals surface area contributed by atoms with Gasteiger partial charge in [0.1, 0.15) is 34.2 Å². The number of anilines is 8. The van der Waals surface area contributed by atoms with Crippen LogP contribution >= 0.6 is 30.4 Å². The van der Waals surface area contributed by atoms with Gasteiger partial charge in [-0.25, -0.2) is 4.79 Å². The minimum atomic E-state index is -5.03. The smallest absolute Gasteiger partial charge is 0.344 e. The average molecular weight is 1370 g/mol. The van der Waals surface area contributed by atoms with E-state index in [1.807, 2.05) is 0 Å². The Hall–Kier alpha value is -10.2. The van der Waals surface area contributed by atoms with E-state index >= 15 is 0 Å². The van der Waals surface area contributed by atoms with Crippen molar-refractivity contribution < 1.29 is 91.0 Å². The normalized spacial score (nSPS) is 12.0. The van der Waals surface area contributed by atoms with Gasteiger partial charge >= 0.3 is 36.4 Å². The molecular formula is C57H56N14O19P4. The Labute approximate surface area is 529 Å². The lowest BCUT2D eigenvalue weighted by molar-refractivity contribution is 0.101. The van der Waals surface area contributed by atoms with E-state index in [9.17, 15) is 91.0 Å². The Balaban J connectivity index is 0.720. The van der Waals surface area contributed by atoms with Crippen LogP contribution in [0.15, 0.2) is 134 Å². The monoisotopic (exact) mass is 1360 g/mol. The van der Waals surface area contributed by atoms with Crippen molar-refractivity contribution in [1.82, 2.24) is 27.4 Å². The highest BCUT2D eigenvalue weighted by Gasteiger charge is 2.30. The fourth-order valence-electron chi connectivity index (χ4n) is 10.5. The molecule has 94 heavy (non-hydrogen) atoms. The molecule has 6 heterocycles.